The number of hydrogen-bond donors (Lipinski definition) is 0. The molecule has 0 N–H and O–H groups in total. The third-order valence-electron chi connectivity index (χ3n) is 4.02. The molecular formula is C14H21N3. The molecule has 1 atom stereocenters. The first-order valence-electron chi connectivity index (χ1n) is 6.77. The number of nitrogens with zero attached hydrogens (tertiary/aromatic N) is 3. The van der Waals surface area contributed by atoms with Crippen LogP contribution >= 0.6 is 0 Å². The summed E-state index contributed by atoms with van der Waals surface area (Å²) in [6.07, 6.45) is 7.95. The smallest absolute Gasteiger partial charge is 0.0312 e. The average molecular weight is 231 g/mol. The second kappa shape index (κ2) is 5.15. The van der Waals surface area contributed by atoms with Crippen molar-refractivity contribution in [1.29, 1.82) is 0 Å². The highest BCUT2D eigenvalue weighted by atomic mass is 15.3. The van der Waals surface area contributed by atoms with Gasteiger partial charge in [-0.3, -0.25) is 14.8 Å². The van der Waals surface area contributed by atoms with Gasteiger partial charge in [0, 0.05) is 31.5 Å². The van der Waals surface area contributed by atoms with E-state index in [1.807, 2.05) is 18.5 Å². The SMILES string of the molecule is c1cncc(CN2CCCN3CCCC3C2)c1. The molecule has 0 aliphatic carbocycles. The summed E-state index contributed by atoms with van der Waals surface area (Å²) >= 11 is 0. The Morgan fingerprint density at radius 2 is 2.18 bits per heavy atom. The van der Waals surface area contributed by atoms with Crippen molar-refractivity contribution in [1.82, 2.24) is 14.8 Å². The number of pyridine rings is 1. The van der Waals surface area contributed by atoms with Crippen molar-refractivity contribution in [3.63, 3.8) is 0 Å². The third-order valence-corrected chi connectivity index (χ3v) is 4.02. The fourth-order valence-electron chi connectivity index (χ4n) is 3.18. The van der Waals surface area contributed by atoms with Crippen LogP contribution in [0.25, 0.3) is 0 Å². The van der Waals surface area contributed by atoms with Gasteiger partial charge < -0.3 is 0 Å². The molecule has 3 heteroatoms. The van der Waals surface area contributed by atoms with E-state index in [-0.39, 0.29) is 0 Å². The minimum Gasteiger partial charge on any atom is -0.299 e. The van der Waals surface area contributed by atoms with Gasteiger partial charge in [-0.15, -0.1) is 0 Å². The van der Waals surface area contributed by atoms with Crippen LogP contribution in [0.1, 0.15) is 24.8 Å². The maximum absolute atomic E-state index is 4.20. The first kappa shape index (κ1) is 11.2. The van der Waals surface area contributed by atoms with E-state index < -0.39 is 0 Å². The van der Waals surface area contributed by atoms with Crippen molar-refractivity contribution in [2.45, 2.75) is 31.8 Å². The molecule has 1 aromatic rings. The molecule has 0 radical (unpaired) electrons. The number of hydrogen-bond acceptors (Lipinski definition) is 3. The molecule has 0 spiro atoms. The van der Waals surface area contributed by atoms with Crippen molar-refractivity contribution in [2.24, 2.45) is 0 Å². The van der Waals surface area contributed by atoms with Gasteiger partial charge in [0.2, 0.25) is 0 Å². The zero-order valence-corrected chi connectivity index (χ0v) is 10.4. The summed E-state index contributed by atoms with van der Waals surface area (Å²) in [5.74, 6) is 0. The second-order valence-corrected chi connectivity index (χ2v) is 5.28. The van der Waals surface area contributed by atoms with Crippen LogP contribution in [0.5, 0.6) is 0 Å². The van der Waals surface area contributed by atoms with Gasteiger partial charge in [0.15, 0.2) is 0 Å². The summed E-state index contributed by atoms with van der Waals surface area (Å²) in [5, 5.41) is 0. The first-order valence-corrected chi connectivity index (χ1v) is 6.77. The highest BCUT2D eigenvalue weighted by Gasteiger charge is 2.28. The van der Waals surface area contributed by atoms with Gasteiger partial charge >= 0.3 is 0 Å². The van der Waals surface area contributed by atoms with Crippen LogP contribution in [-0.4, -0.2) is 47.0 Å². The summed E-state index contributed by atoms with van der Waals surface area (Å²) < 4.78 is 0. The molecule has 3 rings (SSSR count). The van der Waals surface area contributed by atoms with Crippen LogP contribution in [0.15, 0.2) is 24.5 Å². The number of fused-ring (bicyclic) bond motifs is 1. The van der Waals surface area contributed by atoms with E-state index in [2.05, 4.69) is 20.9 Å². The van der Waals surface area contributed by atoms with Crippen LogP contribution < -0.4 is 0 Å². The minimum absolute atomic E-state index is 0.814. The van der Waals surface area contributed by atoms with Crippen molar-refractivity contribution < 1.29 is 0 Å². The van der Waals surface area contributed by atoms with Gasteiger partial charge in [-0.2, -0.15) is 0 Å². The number of aromatic nitrogens is 1. The van der Waals surface area contributed by atoms with Crippen LogP contribution in [-0.2, 0) is 6.54 Å². The molecule has 1 aromatic heterocycles. The zero-order valence-electron chi connectivity index (χ0n) is 10.4. The van der Waals surface area contributed by atoms with Crippen molar-refractivity contribution in [3.05, 3.63) is 30.1 Å². The van der Waals surface area contributed by atoms with Gasteiger partial charge in [0.25, 0.3) is 0 Å². The fourth-order valence-corrected chi connectivity index (χ4v) is 3.18. The molecule has 3 nitrogen and oxygen atoms in total. The van der Waals surface area contributed by atoms with Gasteiger partial charge in [0.05, 0.1) is 0 Å². The largest absolute Gasteiger partial charge is 0.299 e. The predicted molar refractivity (Wildman–Crippen MR) is 68.7 cm³/mol. The molecule has 3 heterocycles. The Bertz CT molecular complexity index is 352. The lowest BCUT2D eigenvalue weighted by Crippen LogP contribution is -2.36. The Morgan fingerprint density at radius 1 is 1.24 bits per heavy atom. The number of rotatable bonds is 2. The summed E-state index contributed by atoms with van der Waals surface area (Å²) in [6, 6.07) is 5.04. The topological polar surface area (TPSA) is 19.4 Å². The molecule has 2 aliphatic rings. The van der Waals surface area contributed by atoms with Crippen molar-refractivity contribution in [2.75, 3.05) is 26.2 Å². The predicted octanol–water partition coefficient (Wildman–Crippen LogP) is 1.75. The van der Waals surface area contributed by atoms with Gasteiger partial charge in [-0.1, -0.05) is 6.07 Å². The zero-order chi connectivity index (χ0) is 11.5. The minimum atomic E-state index is 0.814. The molecule has 1 unspecified atom stereocenters. The highest BCUT2D eigenvalue weighted by Crippen LogP contribution is 2.22. The van der Waals surface area contributed by atoms with Gasteiger partial charge in [-0.05, 0) is 50.5 Å². The molecule has 2 aliphatic heterocycles. The lowest BCUT2D eigenvalue weighted by atomic mass is 10.2. The second-order valence-electron chi connectivity index (χ2n) is 5.28. The Balaban J connectivity index is 1.63. The molecule has 0 amide bonds. The first-order chi connectivity index (χ1) is 8.42. The third kappa shape index (κ3) is 2.67. The summed E-state index contributed by atoms with van der Waals surface area (Å²) in [5.41, 5.74) is 1.35. The van der Waals surface area contributed by atoms with Crippen LogP contribution in [0.2, 0.25) is 0 Å². The van der Waals surface area contributed by atoms with Crippen molar-refractivity contribution >= 4 is 0 Å². The Labute approximate surface area is 103 Å². The van der Waals surface area contributed by atoms with E-state index in [9.17, 15) is 0 Å². The lowest BCUT2D eigenvalue weighted by molar-refractivity contribution is 0.215. The van der Waals surface area contributed by atoms with E-state index in [0.29, 0.717) is 0 Å². The van der Waals surface area contributed by atoms with Crippen LogP contribution in [0, 0.1) is 0 Å². The molecule has 92 valence electrons. The Kier molecular flexibility index (Phi) is 3.39. The molecule has 2 fully saturated rings. The fraction of sp³-hybridized carbons (Fsp3) is 0.643. The Morgan fingerprint density at radius 3 is 3.06 bits per heavy atom. The average Bonchev–Trinajstić information content (AvgIpc) is 2.70. The Hall–Kier alpha value is -0.930. The maximum atomic E-state index is 4.20. The van der Waals surface area contributed by atoms with E-state index >= 15 is 0 Å². The molecule has 0 aromatic carbocycles. The summed E-state index contributed by atoms with van der Waals surface area (Å²) in [6.45, 7) is 6.18. The molecular weight excluding hydrogens is 210 g/mol. The highest BCUT2D eigenvalue weighted by molar-refractivity contribution is 5.08. The lowest BCUT2D eigenvalue weighted by Gasteiger charge is -2.25. The summed E-state index contributed by atoms with van der Waals surface area (Å²) in [7, 11) is 0. The van der Waals surface area contributed by atoms with Crippen LogP contribution in [0.3, 0.4) is 0 Å². The van der Waals surface area contributed by atoms with Gasteiger partial charge in [-0.25, -0.2) is 0 Å². The monoisotopic (exact) mass is 231 g/mol. The van der Waals surface area contributed by atoms with Gasteiger partial charge in [0.1, 0.15) is 0 Å². The van der Waals surface area contributed by atoms with Crippen molar-refractivity contribution in [3.8, 4) is 0 Å². The molecule has 0 saturated carbocycles. The summed E-state index contributed by atoms with van der Waals surface area (Å²) in [4.78, 5) is 9.49. The maximum Gasteiger partial charge on any atom is 0.0312 e. The van der Waals surface area contributed by atoms with E-state index in [0.717, 1.165) is 12.6 Å². The standard InChI is InChI=1S/C14H21N3/c1-4-13(10-15-6-1)11-16-7-3-9-17-8-2-5-14(17)12-16/h1,4,6,10,14H,2-3,5,7-9,11-12H2. The molecule has 0 bridgehead atoms. The quantitative estimate of drug-likeness (QED) is 0.773. The van der Waals surface area contributed by atoms with E-state index in [4.69, 9.17) is 0 Å². The molecule has 2 saturated heterocycles. The van der Waals surface area contributed by atoms with E-state index in [1.165, 1.54) is 51.0 Å². The van der Waals surface area contributed by atoms with Crippen LogP contribution in [0.4, 0.5) is 0 Å². The van der Waals surface area contributed by atoms with E-state index in [1.54, 1.807) is 0 Å². The normalized spacial score (nSPS) is 26.7. The molecule has 17 heavy (non-hydrogen) atoms.